The van der Waals surface area contributed by atoms with Gasteiger partial charge in [0.05, 0.1) is 11.3 Å². The third-order valence-corrected chi connectivity index (χ3v) is 5.51. The van der Waals surface area contributed by atoms with Crippen LogP contribution in [0, 0.1) is 0 Å². The number of benzene rings is 2. The molecule has 3 aromatic rings. The Morgan fingerprint density at radius 1 is 1.04 bits per heavy atom. The van der Waals surface area contributed by atoms with Crippen LogP contribution in [0.4, 0.5) is 5.69 Å². The summed E-state index contributed by atoms with van der Waals surface area (Å²) in [6, 6.07) is 13.5. The lowest BCUT2D eigenvalue weighted by Crippen LogP contribution is -2.28. The third kappa shape index (κ3) is 4.17. The number of fused-ring (bicyclic) bond motifs is 1. The number of hydrogen-bond donors (Lipinski definition) is 2. The van der Waals surface area contributed by atoms with E-state index in [1.165, 1.54) is 24.3 Å². The van der Waals surface area contributed by atoms with Crippen molar-refractivity contribution in [2.24, 2.45) is 7.05 Å². The summed E-state index contributed by atoms with van der Waals surface area (Å²) in [6.07, 6.45) is 2.13. The molecule has 8 heteroatoms. The van der Waals surface area contributed by atoms with Crippen molar-refractivity contribution < 1.29 is 18.0 Å². The number of carbonyl (C=O) groups is 2. The van der Waals surface area contributed by atoms with E-state index in [4.69, 9.17) is 0 Å². The minimum absolute atomic E-state index is 0.0512. The van der Waals surface area contributed by atoms with Crippen LogP contribution in [0.3, 0.4) is 0 Å². The first-order chi connectivity index (χ1) is 12.8. The maximum atomic E-state index is 12.4. The van der Waals surface area contributed by atoms with Gasteiger partial charge in [-0.25, -0.2) is 13.1 Å². The molecule has 0 saturated carbocycles. The summed E-state index contributed by atoms with van der Waals surface area (Å²) in [4.78, 5) is 23.3. The zero-order chi connectivity index (χ0) is 19.6. The van der Waals surface area contributed by atoms with Crippen LogP contribution in [0.25, 0.3) is 10.9 Å². The maximum Gasteiger partial charge on any atom is 0.264 e. The van der Waals surface area contributed by atoms with Crippen molar-refractivity contribution in [3.05, 3.63) is 60.3 Å². The molecule has 0 saturated heterocycles. The molecule has 0 bridgehead atoms. The molecule has 7 nitrogen and oxygen atoms in total. The molecular weight excluding hydrogens is 366 g/mol. The van der Waals surface area contributed by atoms with Gasteiger partial charge in [-0.05, 0) is 35.9 Å². The number of aryl methyl sites for hydroxylation is 1. The highest BCUT2D eigenvalue weighted by molar-refractivity contribution is 7.90. The number of para-hydroxylation sites is 1. The second kappa shape index (κ2) is 7.24. The van der Waals surface area contributed by atoms with Crippen molar-refractivity contribution >= 4 is 38.4 Å². The van der Waals surface area contributed by atoms with Gasteiger partial charge in [0.15, 0.2) is 0 Å². The fourth-order valence-corrected chi connectivity index (χ4v) is 3.90. The van der Waals surface area contributed by atoms with Crippen molar-refractivity contribution in [3.8, 4) is 0 Å². The Kier molecular flexibility index (Phi) is 5.00. The fraction of sp³-hybridized carbons (Fsp3) is 0.158. The first-order valence-electron chi connectivity index (χ1n) is 8.22. The smallest absolute Gasteiger partial charge is 0.264 e. The first kappa shape index (κ1) is 18.7. The zero-order valence-electron chi connectivity index (χ0n) is 14.9. The standard InChI is InChI=1S/C19H19N3O4S/c1-13(23)21-27(25,26)16-9-7-15(8-10-16)20-19(24)11-14-12-22(2)18-6-4-3-5-17(14)18/h3-10,12H,11H2,1-2H3,(H,20,24)(H,21,23). The number of carbonyl (C=O) groups excluding carboxylic acids is 2. The van der Waals surface area contributed by atoms with Crippen LogP contribution in [0.15, 0.2) is 59.6 Å². The van der Waals surface area contributed by atoms with Gasteiger partial charge in [0.2, 0.25) is 11.8 Å². The van der Waals surface area contributed by atoms with Gasteiger partial charge in [-0.2, -0.15) is 0 Å². The van der Waals surface area contributed by atoms with E-state index >= 15 is 0 Å². The molecule has 0 spiro atoms. The van der Waals surface area contributed by atoms with Crippen LogP contribution < -0.4 is 10.0 Å². The van der Waals surface area contributed by atoms with Gasteiger partial charge in [-0.3, -0.25) is 9.59 Å². The summed E-state index contributed by atoms with van der Waals surface area (Å²) in [5.74, 6) is -0.869. The lowest BCUT2D eigenvalue weighted by atomic mass is 10.1. The predicted molar refractivity (Wildman–Crippen MR) is 103 cm³/mol. The molecule has 0 aliphatic carbocycles. The number of nitrogens with one attached hydrogen (secondary N) is 2. The second-order valence-corrected chi connectivity index (χ2v) is 7.88. The Labute approximate surface area is 157 Å². The Balaban J connectivity index is 1.72. The van der Waals surface area contributed by atoms with E-state index in [-0.39, 0.29) is 17.2 Å². The second-order valence-electron chi connectivity index (χ2n) is 6.19. The summed E-state index contributed by atoms with van der Waals surface area (Å²) < 4.78 is 27.7. The first-order valence-corrected chi connectivity index (χ1v) is 9.71. The molecule has 0 unspecified atom stereocenters. The van der Waals surface area contributed by atoms with Crippen LogP contribution in [0.1, 0.15) is 12.5 Å². The normalized spacial score (nSPS) is 11.3. The van der Waals surface area contributed by atoms with E-state index in [0.29, 0.717) is 5.69 Å². The van der Waals surface area contributed by atoms with Gasteiger partial charge in [-0.1, -0.05) is 18.2 Å². The van der Waals surface area contributed by atoms with Gasteiger partial charge < -0.3 is 9.88 Å². The number of aromatic nitrogens is 1. The van der Waals surface area contributed by atoms with Crippen molar-refractivity contribution in [1.29, 1.82) is 0 Å². The maximum absolute atomic E-state index is 12.4. The highest BCUT2D eigenvalue weighted by atomic mass is 32.2. The molecule has 0 fully saturated rings. The molecule has 0 aliphatic heterocycles. The minimum atomic E-state index is -3.89. The number of amides is 2. The van der Waals surface area contributed by atoms with E-state index in [2.05, 4.69) is 5.32 Å². The van der Waals surface area contributed by atoms with Gasteiger partial charge in [-0.15, -0.1) is 0 Å². The SMILES string of the molecule is CC(=O)NS(=O)(=O)c1ccc(NC(=O)Cc2cn(C)c3ccccc23)cc1. The summed E-state index contributed by atoms with van der Waals surface area (Å²) in [5, 5.41) is 3.77. The van der Waals surface area contributed by atoms with Crippen molar-refractivity contribution in [1.82, 2.24) is 9.29 Å². The third-order valence-electron chi connectivity index (χ3n) is 4.06. The summed E-state index contributed by atoms with van der Waals surface area (Å²) >= 11 is 0. The average Bonchev–Trinajstić information content (AvgIpc) is 2.90. The molecule has 0 atom stereocenters. The van der Waals surface area contributed by atoms with Gasteiger partial charge in [0, 0.05) is 36.8 Å². The largest absolute Gasteiger partial charge is 0.350 e. The molecule has 1 aromatic heterocycles. The topological polar surface area (TPSA) is 97.3 Å². The summed E-state index contributed by atoms with van der Waals surface area (Å²) in [6.45, 7) is 1.12. The van der Waals surface area contributed by atoms with E-state index in [9.17, 15) is 18.0 Å². The molecule has 2 aromatic carbocycles. The Morgan fingerprint density at radius 2 is 1.70 bits per heavy atom. The molecule has 1 heterocycles. The molecule has 140 valence electrons. The summed E-state index contributed by atoms with van der Waals surface area (Å²) in [5.41, 5.74) is 2.44. The lowest BCUT2D eigenvalue weighted by molar-refractivity contribution is -0.117. The number of rotatable bonds is 5. The fourth-order valence-electron chi connectivity index (χ4n) is 2.91. The van der Waals surface area contributed by atoms with Crippen molar-refractivity contribution in [2.45, 2.75) is 18.2 Å². The van der Waals surface area contributed by atoms with E-state index < -0.39 is 15.9 Å². The highest BCUT2D eigenvalue weighted by Gasteiger charge is 2.15. The van der Waals surface area contributed by atoms with Crippen LogP contribution in [0.5, 0.6) is 0 Å². The van der Waals surface area contributed by atoms with E-state index in [1.807, 2.05) is 46.8 Å². The van der Waals surface area contributed by atoms with Crippen molar-refractivity contribution in [2.75, 3.05) is 5.32 Å². The number of nitrogens with zero attached hydrogens (tertiary/aromatic N) is 1. The zero-order valence-corrected chi connectivity index (χ0v) is 15.7. The van der Waals surface area contributed by atoms with Crippen molar-refractivity contribution in [3.63, 3.8) is 0 Å². The molecule has 27 heavy (non-hydrogen) atoms. The Morgan fingerprint density at radius 3 is 2.37 bits per heavy atom. The molecular formula is C19H19N3O4S. The van der Waals surface area contributed by atoms with Crippen LogP contribution in [-0.2, 0) is 33.1 Å². The molecule has 2 amide bonds. The summed E-state index contributed by atoms with van der Waals surface area (Å²) in [7, 11) is -1.96. The van der Waals surface area contributed by atoms with Crippen LogP contribution >= 0.6 is 0 Å². The molecule has 0 radical (unpaired) electrons. The number of anilines is 1. The molecule has 2 N–H and O–H groups in total. The quantitative estimate of drug-likeness (QED) is 0.703. The highest BCUT2D eigenvalue weighted by Crippen LogP contribution is 2.21. The van der Waals surface area contributed by atoms with Gasteiger partial charge in [0.1, 0.15) is 0 Å². The van der Waals surface area contributed by atoms with Gasteiger partial charge >= 0.3 is 0 Å². The molecule has 3 rings (SSSR count). The van der Waals surface area contributed by atoms with Gasteiger partial charge in [0.25, 0.3) is 10.0 Å². The van der Waals surface area contributed by atoms with Crippen LogP contribution in [0.2, 0.25) is 0 Å². The number of hydrogen-bond acceptors (Lipinski definition) is 4. The van der Waals surface area contributed by atoms with Crippen LogP contribution in [-0.4, -0.2) is 24.8 Å². The Hall–Kier alpha value is -3.13. The molecule has 0 aliphatic rings. The van der Waals surface area contributed by atoms with E-state index in [0.717, 1.165) is 23.4 Å². The monoisotopic (exact) mass is 385 g/mol. The minimum Gasteiger partial charge on any atom is -0.350 e. The lowest BCUT2D eigenvalue weighted by Gasteiger charge is -2.07. The van der Waals surface area contributed by atoms with E-state index in [1.54, 1.807) is 0 Å². The predicted octanol–water partition coefficient (Wildman–Crippen LogP) is 2.18. The number of sulfonamides is 1. The Bertz CT molecular complexity index is 1120. The average molecular weight is 385 g/mol.